The Morgan fingerprint density at radius 2 is 1.95 bits per heavy atom. The summed E-state index contributed by atoms with van der Waals surface area (Å²) in [7, 11) is -3.06. The molecule has 0 bridgehead atoms. The Balaban J connectivity index is 2.58. The molecule has 108 valence electrons. The first-order chi connectivity index (χ1) is 8.58. The van der Waals surface area contributed by atoms with Gasteiger partial charge < -0.3 is 5.32 Å². The molecule has 0 aliphatic heterocycles. The Labute approximate surface area is 109 Å². The van der Waals surface area contributed by atoms with Crippen LogP contribution in [-0.2, 0) is 16.0 Å². The van der Waals surface area contributed by atoms with Gasteiger partial charge in [-0.3, -0.25) is 0 Å². The molecule has 0 amide bonds. The van der Waals surface area contributed by atoms with Gasteiger partial charge in [0.25, 0.3) is 0 Å². The van der Waals surface area contributed by atoms with Crippen molar-refractivity contribution in [3.63, 3.8) is 0 Å². The molecule has 1 rings (SSSR count). The van der Waals surface area contributed by atoms with Gasteiger partial charge in [0.15, 0.2) is 5.69 Å². The zero-order chi connectivity index (χ0) is 14.7. The lowest BCUT2D eigenvalue weighted by molar-refractivity contribution is -0.141. The molecule has 0 aromatic carbocycles. The van der Waals surface area contributed by atoms with E-state index < -0.39 is 21.7 Å². The molecule has 19 heavy (non-hydrogen) atoms. The number of anilines is 1. The molecule has 1 unspecified atom stereocenters. The highest BCUT2D eigenvalue weighted by molar-refractivity contribution is 7.90. The van der Waals surface area contributed by atoms with Gasteiger partial charge in [0.1, 0.15) is 15.7 Å². The highest BCUT2D eigenvalue weighted by Crippen LogP contribution is 2.27. The van der Waals surface area contributed by atoms with E-state index in [1.54, 1.807) is 6.92 Å². The van der Waals surface area contributed by atoms with Crippen LogP contribution in [0.4, 0.5) is 19.0 Å². The van der Waals surface area contributed by atoms with Crippen LogP contribution in [0, 0.1) is 0 Å². The molecule has 0 saturated carbocycles. The Bertz CT molecular complexity index is 514. The molecule has 1 aromatic rings. The van der Waals surface area contributed by atoms with Crippen LogP contribution in [0.3, 0.4) is 0 Å². The molecule has 1 aromatic heterocycles. The number of nitrogens with one attached hydrogen (secondary N) is 1. The minimum atomic E-state index is -4.52. The lowest BCUT2D eigenvalue weighted by Crippen LogP contribution is -2.20. The van der Waals surface area contributed by atoms with Crippen LogP contribution in [0.15, 0.2) is 12.1 Å². The molecule has 0 spiro atoms. The number of hydrogen-bond donors (Lipinski definition) is 1. The van der Waals surface area contributed by atoms with Crippen LogP contribution >= 0.6 is 0 Å². The van der Waals surface area contributed by atoms with Crippen LogP contribution in [0.25, 0.3) is 0 Å². The van der Waals surface area contributed by atoms with Gasteiger partial charge in [0.05, 0.1) is 5.75 Å². The van der Waals surface area contributed by atoms with E-state index in [2.05, 4.69) is 15.5 Å². The minimum absolute atomic E-state index is 0.00473. The quantitative estimate of drug-likeness (QED) is 0.896. The maximum absolute atomic E-state index is 12.2. The van der Waals surface area contributed by atoms with Crippen molar-refractivity contribution in [3.8, 4) is 0 Å². The number of aromatic nitrogens is 2. The van der Waals surface area contributed by atoms with E-state index in [-0.39, 0.29) is 17.6 Å². The van der Waals surface area contributed by atoms with Crippen molar-refractivity contribution in [1.29, 1.82) is 0 Å². The van der Waals surface area contributed by atoms with Crippen molar-refractivity contribution in [3.05, 3.63) is 17.8 Å². The van der Waals surface area contributed by atoms with E-state index in [0.29, 0.717) is 6.42 Å². The van der Waals surface area contributed by atoms with Gasteiger partial charge in [-0.25, -0.2) is 8.42 Å². The van der Waals surface area contributed by atoms with Crippen molar-refractivity contribution in [2.75, 3.05) is 17.3 Å². The molecular formula is C10H14F3N3O2S. The highest BCUT2D eigenvalue weighted by Gasteiger charge is 2.32. The third kappa shape index (κ3) is 5.86. The second kappa shape index (κ2) is 5.72. The number of sulfone groups is 1. The molecular weight excluding hydrogens is 283 g/mol. The van der Waals surface area contributed by atoms with Crippen molar-refractivity contribution in [2.45, 2.75) is 25.6 Å². The van der Waals surface area contributed by atoms with Gasteiger partial charge in [0.2, 0.25) is 0 Å². The largest absolute Gasteiger partial charge is 0.435 e. The van der Waals surface area contributed by atoms with Gasteiger partial charge in [-0.2, -0.15) is 13.2 Å². The third-order valence-electron chi connectivity index (χ3n) is 2.27. The fourth-order valence-electron chi connectivity index (χ4n) is 1.28. The normalized spacial score (nSPS) is 14.2. The van der Waals surface area contributed by atoms with Gasteiger partial charge in [-0.05, 0) is 25.5 Å². The Hall–Kier alpha value is -1.38. The number of halogens is 3. The van der Waals surface area contributed by atoms with Gasteiger partial charge >= 0.3 is 6.18 Å². The lowest BCUT2D eigenvalue weighted by atomic mass is 10.2. The van der Waals surface area contributed by atoms with Crippen LogP contribution in [0.1, 0.15) is 19.0 Å². The van der Waals surface area contributed by atoms with Crippen molar-refractivity contribution in [1.82, 2.24) is 10.2 Å². The van der Waals surface area contributed by atoms with Crippen LogP contribution in [0.5, 0.6) is 0 Å². The van der Waals surface area contributed by atoms with E-state index in [4.69, 9.17) is 0 Å². The average Bonchev–Trinajstić information content (AvgIpc) is 2.25. The summed E-state index contributed by atoms with van der Waals surface area (Å²) in [5.41, 5.74) is -1.07. The molecule has 0 saturated heterocycles. The predicted octanol–water partition coefficient (Wildman–Crippen LogP) is 1.73. The molecule has 1 N–H and O–H groups in total. The summed E-state index contributed by atoms with van der Waals surface area (Å²) >= 11 is 0. The van der Waals surface area contributed by atoms with Gasteiger partial charge in [-0.15, -0.1) is 10.2 Å². The summed E-state index contributed by atoms with van der Waals surface area (Å²) in [6, 6.07) is 1.74. The van der Waals surface area contributed by atoms with Crippen molar-refractivity contribution >= 4 is 15.7 Å². The Morgan fingerprint density at radius 1 is 1.32 bits per heavy atom. The number of hydrogen-bond acceptors (Lipinski definition) is 5. The highest BCUT2D eigenvalue weighted by atomic mass is 32.2. The molecule has 1 atom stereocenters. The molecule has 0 radical (unpaired) electrons. The van der Waals surface area contributed by atoms with E-state index in [1.165, 1.54) is 0 Å². The first-order valence-electron chi connectivity index (χ1n) is 5.43. The topological polar surface area (TPSA) is 72.0 Å². The Kier molecular flexibility index (Phi) is 4.72. The number of rotatable bonds is 5. The summed E-state index contributed by atoms with van der Waals surface area (Å²) < 4.78 is 58.7. The molecule has 0 aliphatic rings. The summed E-state index contributed by atoms with van der Waals surface area (Å²) in [5, 5.41) is 9.24. The first-order valence-corrected chi connectivity index (χ1v) is 7.49. The predicted molar refractivity (Wildman–Crippen MR) is 64.4 cm³/mol. The smallest absolute Gasteiger partial charge is 0.366 e. The fraction of sp³-hybridized carbons (Fsp3) is 0.600. The number of alkyl halides is 3. The average molecular weight is 297 g/mol. The Morgan fingerprint density at radius 3 is 2.37 bits per heavy atom. The SMILES string of the molecule is CC(CCS(C)(=O)=O)Nc1ccc(C(F)(F)F)nn1. The van der Waals surface area contributed by atoms with E-state index in [0.717, 1.165) is 18.4 Å². The summed E-state index contributed by atoms with van der Waals surface area (Å²) in [6.45, 7) is 1.71. The monoisotopic (exact) mass is 297 g/mol. The van der Waals surface area contributed by atoms with Gasteiger partial charge in [0, 0.05) is 12.3 Å². The van der Waals surface area contributed by atoms with Crippen LogP contribution in [-0.4, -0.2) is 36.7 Å². The lowest BCUT2D eigenvalue weighted by Gasteiger charge is -2.13. The minimum Gasteiger partial charge on any atom is -0.366 e. The van der Waals surface area contributed by atoms with E-state index in [9.17, 15) is 21.6 Å². The maximum Gasteiger partial charge on any atom is 0.435 e. The third-order valence-corrected chi connectivity index (χ3v) is 3.25. The van der Waals surface area contributed by atoms with Crippen LogP contribution < -0.4 is 5.32 Å². The molecule has 1 heterocycles. The van der Waals surface area contributed by atoms with Crippen molar-refractivity contribution in [2.24, 2.45) is 0 Å². The van der Waals surface area contributed by atoms with E-state index in [1.807, 2.05) is 0 Å². The molecule has 0 aliphatic carbocycles. The molecule has 0 fully saturated rings. The maximum atomic E-state index is 12.2. The second-order valence-electron chi connectivity index (χ2n) is 4.27. The summed E-state index contributed by atoms with van der Waals surface area (Å²) in [5.74, 6) is 0.170. The van der Waals surface area contributed by atoms with E-state index >= 15 is 0 Å². The first kappa shape index (κ1) is 15.7. The fourth-order valence-corrected chi connectivity index (χ4v) is 2.06. The second-order valence-corrected chi connectivity index (χ2v) is 6.53. The van der Waals surface area contributed by atoms with Crippen molar-refractivity contribution < 1.29 is 21.6 Å². The summed E-state index contributed by atoms with van der Waals surface area (Å²) in [4.78, 5) is 0. The van der Waals surface area contributed by atoms with Gasteiger partial charge in [-0.1, -0.05) is 0 Å². The molecule has 5 nitrogen and oxygen atoms in total. The standard InChI is InChI=1S/C10H14F3N3O2S/c1-7(5-6-19(2,17)18)14-9-4-3-8(15-16-9)10(11,12)13/h3-4,7H,5-6H2,1-2H3,(H,14,16). The summed E-state index contributed by atoms with van der Waals surface area (Å²) in [6.07, 6.45) is -3.06. The zero-order valence-corrected chi connectivity index (χ0v) is 11.2. The van der Waals surface area contributed by atoms with Crippen LogP contribution in [0.2, 0.25) is 0 Å². The molecule has 9 heteroatoms. The number of nitrogens with zero attached hydrogens (tertiary/aromatic N) is 2. The zero-order valence-electron chi connectivity index (χ0n) is 10.4.